The fourth-order valence-corrected chi connectivity index (χ4v) is 1.60. The van der Waals surface area contributed by atoms with Crippen LogP contribution >= 0.6 is 0 Å². The summed E-state index contributed by atoms with van der Waals surface area (Å²) in [5.74, 6) is 0.386. The number of nitrogens with two attached hydrogens (primary N) is 1. The number of amides is 1. The number of rotatable bonds is 8. The highest BCUT2D eigenvalue weighted by Crippen LogP contribution is 2.24. The first-order valence-electron chi connectivity index (χ1n) is 6.91. The van der Waals surface area contributed by atoms with Crippen LogP contribution in [0.4, 0.5) is 11.4 Å². The molecule has 0 bridgehead atoms. The van der Waals surface area contributed by atoms with Crippen molar-refractivity contribution >= 4 is 17.3 Å². The van der Waals surface area contributed by atoms with Gasteiger partial charge in [-0.1, -0.05) is 0 Å². The van der Waals surface area contributed by atoms with Crippen molar-refractivity contribution in [2.45, 2.75) is 33.0 Å². The van der Waals surface area contributed by atoms with Gasteiger partial charge in [-0.05, 0) is 32.9 Å². The first-order chi connectivity index (χ1) is 9.93. The van der Waals surface area contributed by atoms with E-state index in [1.807, 2.05) is 13.8 Å². The van der Waals surface area contributed by atoms with Crippen LogP contribution in [-0.2, 0) is 14.3 Å². The molecule has 1 amide bonds. The van der Waals surface area contributed by atoms with Gasteiger partial charge in [-0.2, -0.15) is 0 Å². The fraction of sp³-hybridized carbons (Fsp3) is 0.533. The second kappa shape index (κ2) is 8.49. The molecule has 0 aromatic heterocycles. The molecule has 1 atom stereocenters. The van der Waals surface area contributed by atoms with Crippen LogP contribution in [0.15, 0.2) is 18.2 Å². The number of hydrogen-bond donors (Lipinski definition) is 2. The normalized spacial score (nSPS) is 12.2. The zero-order valence-electron chi connectivity index (χ0n) is 13.0. The topological polar surface area (TPSA) is 82.8 Å². The molecule has 1 aromatic carbocycles. The lowest BCUT2D eigenvalue weighted by molar-refractivity contribution is -0.127. The van der Waals surface area contributed by atoms with Crippen LogP contribution in [-0.4, -0.2) is 38.4 Å². The fourth-order valence-electron chi connectivity index (χ4n) is 1.60. The molecule has 1 unspecified atom stereocenters. The predicted octanol–water partition coefficient (Wildman–Crippen LogP) is 2.05. The van der Waals surface area contributed by atoms with Crippen LogP contribution in [0.1, 0.15) is 20.8 Å². The number of methoxy groups -OCH3 is 1. The van der Waals surface area contributed by atoms with E-state index in [9.17, 15) is 4.79 Å². The van der Waals surface area contributed by atoms with Crippen LogP contribution in [0.25, 0.3) is 0 Å². The van der Waals surface area contributed by atoms with Gasteiger partial charge in [0.25, 0.3) is 5.91 Å². The van der Waals surface area contributed by atoms with E-state index in [4.69, 9.17) is 19.9 Å². The maximum Gasteiger partial charge on any atom is 0.253 e. The first-order valence-corrected chi connectivity index (χ1v) is 6.91. The van der Waals surface area contributed by atoms with E-state index in [1.165, 1.54) is 0 Å². The predicted molar refractivity (Wildman–Crippen MR) is 82.5 cm³/mol. The van der Waals surface area contributed by atoms with Gasteiger partial charge in [-0.15, -0.1) is 0 Å². The van der Waals surface area contributed by atoms with Crippen molar-refractivity contribution in [3.8, 4) is 5.75 Å². The molecule has 0 fully saturated rings. The highest BCUT2D eigenvalue weighted by Gasteiger charge is 2.14. The molecule has 1 rings (SSSR count). The van der Waals surface area contributed by atoms with Gasteiger partial charge in [0.2, 0.25) is 0 Å². The molecule has 1 aromatic rings. The molecule has 0 saturated carbocycles. The summed E-state index contributed by atoms with van der Waals surface area (Å²) in [7, 11) is 1.56. The third-order valence-electron chi connectivity index (χ3n) is 2.79. The van der Waals surface area contributed by atoms with E-state index in [0.717, 1.165) is 0 Å². The van der Waals surface area contributed by atoms with Crippen LogP contribution in [0.2, 0.25) is 0 Å². The summed E-state index contributed by atoms with van der Waals surface area (Å²) in [6, 6.07) is 5.08. The molecule has 0 heterocycles. The van der Waals surface area contributed by atoms with Gasteiger partial charge in [0.1, 0.15) is 11.9 Å². The highest BCUT2D eigenvalue weighted by molar-refractivity contribution is 5.96. The van der Waals surface area contributed by atoms with Gasteiger partial charge in [-0.25, -0.2) is 0 Å². The Morgan fingerprint density at radius 3 is 2.48 bits per heavy atom. The van der Waals surface area contributed by atoms with E-state index < -0.39 is 6.10 Å². The molecule has 0 aliphatic carbocycles. The molecule has 0 radical (unpaired) electrons. The summed E-state index contributed by atoms with van der Waals surface area (Å²) < 4.78 is 15.8. The molecule has 0 aliphatic heterocycles. The van der Waals surface area contributed by atoms with Crippen molar-refractivity contribution in [3.63, 3.8) is 0 Å². The number of nitrogens with one attached hydrogen (secondary N) is 1. The van der Waals surface area contributed by atoms with E-state index >= 15 is 0 Å². The maximum absolute atomic E-state index is 12.0. The molecule has 0 spiro atoms. The molecular formula is C15H24N2O4. The smallest absolute Gasteiger partial charge is 0.253 e. The number of carbonyl (C=O) groups is 1. The summed E-state index contributed by atoms with van der Waals surface area (Å²) in [4.78, 5) is 12.0. The minimum absolute atomic E-state index is 0.150. The Balaban J connectivity index is 2.45. The van der Waals surface area contributed by atoms with Gasteiger partial charge < -0.3 is 25.3 Å². The first kappa shape index (κ1) is 17.3. The van der Waals surface area contributed by atoms with Crippen molar-refractivity contribution < 1.29 is 19.0 Å². The second-order valence-electron chi connectivity index (χ2n) is 4.87. The monoisotopic (exact) mass is 296 g/mol. The van der Waals surface area contributed by atoms with E-state index in [0.29, 0.717) is 30.3 Å². The number of anilines is 2. The molecular weight excluding hydrogens is 272 g/mol. The lowest BCUT2D eigenvalue weighted by Crippen LogP contribution is -2.29. The largest absolute Gasteiger partial charge is 0.497 e. The molecule has 6 heteroatoms. The van der Waals surface area contributed by atoms with E-state index in [1.54, 1.807) is 32.2 Å². The number of benzene rings is 1. The average molecular weight is 296 g/mol. The summed E-state index contributed by atoms with van der Waals surface area (Å²) in [6.45, 7) is 6.40. The van der Waals surface area contributed by atoms with Crippen LogP contribution < -0.4 is 15.8 Å². The van der Waals surface area contributed by atoms with Crippen molar-refractivity contribution in [2.75, 3.05) is 31.4 Å². The van der Waals surface area contributed by atoms with Gasteiger partial charge in [0, 0.05) is 6.07 Å². The van der Waals surface area contributed by atoms with Crippen LogP contribution in [0, 0.1) is 0 Å². The Bertz CT molecular complexity index is 463. The second-order valence-corrected chi connectivity index (χ2v) is 4.87. The molecule has 0 aliphatic rings. The maximum atomic E-state index is 12.0. The third-order valence-corrected chi connectivity index (χ3v) is 2.79. The summed E-state index contributed by atoms with van der Waals surface area (Å²) in [5.41, 5.74) is 6.82. The summed E-state index contributed by atoms with van der Waals surface area (Å²) >= 11 is 0. The lowest BCUT2D eigenvalue weighted by Gasteiger charge is -2.15. The van der Waals surface area contributed by atoms with Gasteiger partial charge in [0.05, 0.1) is 37.8 Å². The zero-order chi connectivity index (χ0) is 15.8. The van der Waals surface area contributed by atoms with E-state index in [2.05, 4.69) is 5.32 Å². The minimum atomic E-state index is -0.581. The summed E-state index contributed by atoms with van der Waals surface area (Å²) in [5, 5.41) is 2.73. The zero-order valence-corrected chi connectivity index (χ0v) is 13.0. The Hall–Kier alpha value is -1.79. The van der Waals surface area contributed by atoms with Crippen molar-refractivity contribution in [1.82, 2.24) is 0 Å². The van der Waals surface area contributed by atoms with Crippen LogP contribution in [0.3, 0.4) is 0 Å². The minimum Gasteiger partial charge on any atom is -0.497 e. The highest BCUT2D eigenvalue weighted by atomic mass is 16.5. The molecule has 118 valence electrons. The Kier molecular flexibility index (Phi) is 6.98. The standard InChI is InChI=1S/C15H24N2O4/c1-10(2)20-7-8-21-11(3)15(18)17-14-6-5-12(19-4)9-13(14)16/h5-6,9-11H,7-8,16H2,1-4H3,(H,17,18). The molecule has 3 N–H and O–H groups in total. The van der Waals surface area contributed by atoms with Gasteiger partial charge in [-0.3, -0.25) is 4.79 Å². The molecule has 0 saturated heterocycles. The number of carbonyl (C=O) groups excluding carboxylic acids is 1. The Morgan fingerprint density at radius 1 is 1.24 bits per heavy atom. The van der Waals surface area contributed by atoms with Crippen molar-refractivity contribution in [1.29, 1.82) is 0 Å². The number of ether oxygens (including phenoxy) is 3. The van der Waals surface area contributed by atoms with Crippen molar-refractivity contribution in [2.24, 2.45) is 0 Å². The lowest BCUT2D eigenvalue weighted by atomic mass is 10.2. The average Bonchev–Trinajstić information content (AvgIpc) is 2.45. The van der Waals surface area contributed by atoms with Gasteiger partial charge in [0.15, 0.2) is 0 Å². The van der Waals surface area contributed by atoms with Crippen molar-refractivity contribution in [3.05, 3.63) is 18.2 Å². The van der Waals surface area contributed by atoms with E-state index in [-0.39, 0.29) is 12.0 Å². The van der Waals surface area contributed by atoms with Gasteiger partial charge >= 0.3 is 0 Å². The van der Waals surface area contributed by atoms with Crippen LogP contribution in [0.5, 0.6) is 5.75 Å². The summed E-state index contributed by atoms with van der Waals surface area (Å²) in [6.07, 6.45) is -0.431. The molecule has 6 nitrogen and oxygen atoms in total. The quantitative estimate of drug-likeness (QED) is 0.566. The Morgan fingerprint density at radius 2 is 1.90 bits per heavy atom. The number of hydrogen-bond acceptors (Lipinski definition) is 5. The number of nitrogen functional groups attached to an aromatic ring is 1. The SMILES string of the molecule is COc1ccc(NC(=O)C(C)OCCOC(C)C)c(N)c1. The Labute approximate surface area is 125 Å². The molecule has 21 heavy (non-hydrogen) atoms. The third kappa shape index (κ3) is 6.01.